The van der Waals surface area contributed by atoms with Crippen molar-refractivity contribution in [3.05, 3.63) is 79.1 Å². The largest absolute Gasteiger partial charge is 0.428 e. The van der Waals surface area contributed by atoms with E-state index in [9.17, 15) is 0 Å². The number of aryl methyl sites for hydroxylation is 8. The summed E-state index contributed by atoms with van der Waals surface area (Å²) >= 11 is 7.15. The van der Waals surface area contributed by atoms with E-state index in [2.05, 4.69) is 77.6 Å². The van der Waals surface area contributed by atoms with Crippen LogP contribution in [0, 0.1) is 55.4 Å². The molecule has 0 amide bonds. The van der Waals surface area contributed by atoms with Crippen molar-refractivity contribution in [2.24, 2.45) is 0 Å². The highest BCUT2D eigenvalue weighted by atomic mass is 32.1. The van der Waals surface area contributed by atoms with E-state index in [1.165, 1.54) is 52.5 Å². The minimum Gasteiger partial charge on any atom is -0.428 e. The third kappa shape index (κ3) is 50.1. The minimum atomic E-state index is 0.606. The third-order valence-corrected chi connectivity index (χ3v) is 6.65. The van der Waals surface area contributed by atoms with Crippen LogP contribution >= 0.6 is 57.5 Å². The summed E-state index contributed by atoms with van der Waals surface area (Å²) in [5, 5.41) is 32.3. The highest BCUT2D eigenvalue weighted by Gasteiger charge is 1.93. The molecule has 0 radical (unpaired) electrons. The van der Waals surface area contributed by atoms with Gasteiger partial charge in [0.05, 0.1) is 11.9 Å². The summed E-state index contributed by atoms with van der Waals surface area (Å²) in [7, 11) is 0. The van der Waals surface area contributed by atoms with Gasteiger partial charge in [-0.25, -0.2) is 9.97 Å². The standard InChI is InChI=1S/C4H6N2O.C3H4N2O.5C3H4N2S.6C2H6/c1-3-4(2)7-6-5-3;2*1-3-5-4-2-6-3;1-3-4-2-6-5-3;1-3-4-2-5-6-3;1-3-2-6-5-4-3;1-3-2-4-5-6-3;6*1-2/h1-2H3;6*2H,1H3;6*1-2H3. The Bertz CT molecular complexity index is 1230. The minimum absolute atomic E-state index is 0.606. The fourth-order valence-electron chi connectivity index (χ4n) is 1.62. The summed E-state index contributed by atoms with van der Waals surface area (Å²) in [6.07, 6.45) is 4.60. The molecule has 7 aromatic rings. The lowest BCUT2D eigenvalue weighted by Crippen LogP contribution is -1.70. The Morgan fingerprint density at radius 1 is 0.582 bits per heavy atom. The Kier molecular flexibility index (Phi) is 62.4. The molecule has 0 fully saturated rings. The van der Waals surface area contributed by atoms with Crippen molar-refractivity contribution in [1.82, 2.24) is 68.7 Å². The van der Waals surface area contributed by atoms with Crippen LogP contribution in [0.25, 0.3) is 0 Å². The topological polar surface area (TPSA) is 207 Å². The molecule has 0 aliphatic rings. The van der Waals surface area contributed by atoms with Crippen LogP contribution in [-0.4, -0.2) is 68.7 Å². The Hall–Kier alpha value is -3.92. The summed E-state index contributed by atoms with van der Waals surface area (Å²) in [5.74, 6) is 2.26. The first kappa shape index (κ1) is 63.0. The Labute approximate surface area is 350 Å². The van der Waals surface area contributed by atoms with Crippen molar-refractivity contribution in [2.75, 3.05) is 0 Å². The van der Waals surface area contributed by atoms with Crippen LogP contribution < -0.4 is 0 Å². The zero-order valence-electron chi connectivity index (χ0n) is 36.6. The maximum Gasteiger partial charge on any atom is 0.213 e. The van der Waals surface area contributed by atoms with Crippen molar-refractivity contribution in [1.29, 1.82) is 0 Å². The van der Waals surface area contributed by atoms with Gasteiger partial charge in [0.15, 0.2) is 5.76 Å². The van der Waals surface area contributed by atoms with Gasteiger partial charge in [-0.05, 0) is 94.6 Å². The zero-order chi connectivity index (χ0) is 43.7. The van der Waals surface area contributed by atoms with Crippen molar-refractivity contribution < 1.29 is 8.94 Å². The van der Waals surface area contributed by atoms with E-state index in [4.69, 9.17) is 0 Å². The number of nitrogens with zero attached hydrogens (tertiary/aromatic N) is 14. The molecule has 7 aromatic heterocycles. The van der Waals surface area contributed by atoms with E-state index in [-0.39, 0.29) is 0 Å². The van der Waals surface area contributed by atoms with E-state index in [0.29, 0.717) is 5.89 Å². The van der Waals surface area contributed by atoms with Gasteiger partial charge in [-0.2, -0.15) is 8.75 Å². The van der Waals surface area contributed by atoms with Crippen LogP contribution in [0.3, 0.4) is 0 Å². The van der Waals surface area contributed by atoms with E-state index in [1.807, 2.05) is 137 Å². The zero-order valence-corrected chi connectivity index (χ0v) is 40.7. The fraction of sp³-hybridized carbons (Fsp3) is 0.588. The molecule has 7 heterocycles. The van der Waals surface area contributed by atoms with Gasteiger partial charge in [-0.15, -0.1) is 47.0 Å². The normalized spacial score (nSPS) is 7.64. The molecule has 0 saturated heterocycles. The predicted octanol–water partition coefficient (Wildman–Crippen LogP) is 11.5. The van der Waals surface area contributed by atoms with Crippen LogP contribution in [0.15, 0.2) is 44.3 Å². The molecule has 0 N–H and O–H groups in total. The third-order valence-electron chi connectivity index (χ3n) is 3.70. The average molecular weight is 863 g/mol. The maximum absolute atomic E-state index is 4.61. The number of rotatable bonds is 0. The lowest BCUT2D eigenvalue weighted by molar-refractivity contribution is 0.373. The monoisotopic (exact) mass is 862 g/mol. The first-order valence-corrected chi connectivity index (χ1v) is 21.9. The van der Waals surface area contributed by atoms with E-state index in [0.717, 1.165) is 37.9 Å². The van der Waals surface area contributed by atoms with Crippen LogP contribution in [0.4, 0.5) is 0 Å². The molecule has 0 saturated carbocycles. The SMILES string of the molecule is CC.CC.CC.CC.CC.CC.Cc1cnns1.Cc1csnn1.Cc1ncns1.Cc1ncsn1.Cc1nnco1.Cc1nncs1.Cc1nnoc1C. The van der Waals surface area contributed by atoms with E-state index in [1.54, 1.807) is 41.8 Å². The molecular weight excluding hydrogens is 797 g/mol. The van der Waals surface area contributed by atoms with Gasteiger partial charge >= 0.3 is 0 Å². The van der Waals surface area contributed by atoms with Crippen molar-refractivity contribution >= 4 is 57.5 Å². The highest BCUT2D eigenvalue weighted by Crippen LogP contribution is 1.97. The first-order chi connectivity index (χ1) is 26.7. The van der Waals surface area contributed by atoms with Gasteiger partial charge < -0.3 is 8.94 Å². The maximum atomic E-state index is 4.61. The Morgan fingerprint density at radius 2 is 1.22 bits per heavy atom. The number of hydrogen-bond acceptors (Lipinski definition) is 21. The van der Waals surface area contributed by atoms with Crippen molar-refractivity contribution in [2.45, 2.75) is 138 Å². The van der Waals surface area contributed by atoms with Crippen LogP contribution in [0.5, 0.6) is 0 Å². The molecule has 55 heavy (non-hydrogen) atoms. The molecule has 21 heteroatoms. The summed E-state index contributed by atoms with van der Waals surface area (Å²) in [6.45, 7) is 39.0. The van der Waals surface area contributed by atoms with Crippen LogP contribution in [0.1, 0.15) is 127 Å². The quantitative estimate of drug-likeness (QED) is 0.139. The lowest BCUT2D eigenvalue weighted by Gasteiger charge is -1.72. The smallest absolute Gasteiger partial charge is 0.213 e. The molecule has 0 spiro atoms. The first-order valence-electron chi connectivity index (χ1n) is 17.8. The second-order valence-electron chi connectivity index (χ2n) is 7.34. The van der Waals surface area contributed by atoms with Crippen molar-refractivity contribution in [3.63, 3.8) is 0 Å². The summed E-state index contributed by atoms with van der Waals surface area (Å²) in [4.78, 5) is 8.81. The molecular formula is C34H66N14O2S5. The summed E-state index contributed by atoms with van der Waals surface area (Å²) in [6, 6.07) is 0. The van der Waals surface area contributed by atoms with Gasteiger partial charge in [-0.1, -0.05) is 92.1 Å². The molecule has 0 bridgehead atoms. The molecule has 0 aliphatic heterocycles. The van der Waals surface area contributed by atoms with Gasteiger partial charge in [0, 0.05) is 22.5 Å². The summed E-state index contributed by atoms with van der Waals surface area (Å²) < 4.78 is 24.0. The van der Waals surface area contributed by atoms with E-state index >= 15 is 0 Å². The van der Waals surface area contributed by atoms with Crippen LogP contribution in [0.2, 0.25) is 0 Å². The predicted molar refractivity (Wildman–Crippen MR) is 234 cm³/mol. The molecule has 0 unspecified atom stereocenters. The average Bonchev–Trinajstić information content (AvgIpc) is 4.08. The van der Waals surface area contributed by atoms with Crippen molar-refractivity contribution in [3.8, 4) is 0 Å². The van der Waals surface area contributed by atoms with E-state index < -0.39 is 0 Å². The lowest BCUT2D eigenvalue weighted by atomic mass is 10.4. The molecule has 7 rings (SSSR count). The Balaban J connectivity index is -0.000000122. The summed E-state index contributed by atoms with van der Waals surface area (Å²) in [5.41, 5.74) is 5.30. The molecule has 0 aliphatic carbocycles. The Morgan fingerprint density at radius 3 is 1.35 bits per heavy atom. The molecule has 16 nitrogen and oxygen atoms in total. The fourth-order valence-corrected chi connectivity index (χ4v) is 3.48. The van der Waals surface area contributed by atoms with Gasteiger partial charge in [0.25, 0.3) is 0 Å². The number of aromatic nitrogens is 14. The highest BCUT2D eigenvalue weighted by molar-refractivity contribution is 7.09. The molecule has 0 aromatic carbocycles. The second kappa shape index (κ2) is 54.4. The molecule has 314 valence electrons. The van der Waals surface area contributed by atoms with Crippen LogP contribution in [-0.2, 0) is 0 Å². The molecule has 0 atom stereocenters. The van der Waals surface area contributed by atoms with Gasteiger partial charge in [0.1, 0.15) is 38.9 Å². The van der Waals surface area contributed by atoms with Gasteiger partial charge in [0.2, 0.25) is 12.3 Å². The van der Waals surface area contributed by atoms with Gasteiger partial charge in [-0.3, -0.25) is 0 Å². The number of hydrogen-bond donors (Lipinski definition) is 0. The second-order valence-corrected chi connectivity index (χ2v) is 11.6.